The Labute approximate surface area is 142 Å². The molecule has 0 spiro atoms. The van der Waals surface area contributed by atoms with Crippen molar-refractivity contribution in [3.8, 4) is 17.2 Å². The van der Waals surface area contributed by atoms with Crippen molar-refractivity contribution >= 4 is 29.0 Å². The van der Waals surface area contributed by atoms with Crippen molar-refractivity contribution in [2.45, 2.75) is 6.42 Å². The quantitative estimate of drug-likeness (QED) is 0.505. The van der Waals surface area contributed by atoms with Crippen LogP contribution < -0.4 is 14.2 Å². The average molecular weight is 358 g/mol. The van der Waals surface area contributed by atoms with E-state index in [0.717, 1.165) is 12.4 Å². The molecule has 0 saturated carbocycles. The minimum absolute atomic E-state index is 0.0358. The molecule has 23 heavy (non-hydrogen) atoms. The van der Waals surface area contributed by atoms with Crippen molar-refractivity contribution in [2.24, 2.45) is 0 Å². The van der Waals surface area contributed by atoms with Gasteiger partial charge in [-0.05, 0) is 12.1 Å². The highest BCUT2D eigenvalue weighted by molar-refractivity contribution is 6.36. The highest BCUT2D eigenvalue weighted by Gasteiger charge is 2.22. The minimum Gasteiger partial charge on any atom is -0.619 e. The van der Waals surface area contributed by atoms with Gasteiger partial charge in [0, 0.05) is 12.0 Å². The van der Waals surface area contributed by atoms with Crippen molar-refractivity contribution in [1.29, 1.82) is 0 Å². The van der Waals surface area contributed by atoms with E-state index in [4.69, 9.17) is 32.7 Å². The van der Waals surface area contributed by atoms with Gasteiger partial charge in [0.1, 0.15) is 10.0 Å². The van der Waals surface area contributed by atoms with Crippen LogP contribution in [0.3, 0.4) is 0 Å². The van der Waals surface area contributed by atoms with E-state index < -0.39 is 5.78 Å². The second kappa shape index (κ2) is 6.93. The molecule has 0 unspecified atom stereocenters. The number of pyridine rings is 1. The summed E-state index contributed by atoms with van der Waals surface area (Å²) in [7, 11) is 2.77. The van der Waals surface area contributed by atoms with E-state index in [-0.39, 0.29) is 33.5 Å². The van der Waals surface area contributed by atoms with Gasteiger partial charge in [-0.25, -0.2) is 0 Å². The molecule has 1 N–H and O–H groups in total. The lowest BCUT2D eigenvalue weighted by Gasteiger charge is -2.12. The van der Waals surface area contributed by atoms with Crippen molar-refractivity contribution in [2.75, 3.05) is 14.2 Å². The van der Waals surface area contributed by atoms with Gasteiger partial charge < -0.3 is 19.8 Å². The highest BCUT2D eigenvalue weighted by Crippen LogP contribution is 2.39. The van der Waals surface area contributed by atoms with Gasteiger partial charge in [0.2, 0.25) is 5.75 Å². The van der Waals surface area contributed by atoms with Gasteiger partial charge in [-0.3, -0.25) is 4.79 Å². The molecule has 1 heterocycles. The Morgan fingerprint density at radius 2 is 1.83 bits per heavy atom. The number of aromatic nitrogens is 1. The number of benzene rings is 1. The minimum atomic E-state index is -0.434. The molecule has 0 amide bonds. The Morgan fingerprint density at radius 3 is 2.35 bits per heavy atom. The Morgan fingerprint density at radius 1 is 1.22 bits per heavy atom. The van der Waals surface area contributed by atoms with Crippen LogP contribution in [-0.4, -0.2) is 25.1 Å². The molecule has 0 bridgehead atoms. The monoisotopic (exact) mass is 357 g/mol. The van der Waals surface area contributed by atoms with Gasteiger partial charge in [-0.15, -0.1) is 0 Å². The van der Waals surface area contributed by atoms with Crippen LogP contribution in [0.15, 0.2) is 24.5 Å². The van der Waals surface area contributed by atoms with Gasteiger partial charge in [0.25, 0.3) is 0 Å². The van der Waals surface area contributed by atoms with Gasteiger partial charge in [-0.2, -0.15) is 4.73 Å². The zero-order valence-corrected chi connectivity index (χ0v) is 13.8. The number of nitrogens with zero attached hydrogens (tertiary/aromatic N) is 1. The van der Waals surface area contributed by atoms with E-state index in [2.05, 4.69) is 0 Å². The number of phenolic OH excluding ortho intramolecular Hbond substituents is 1. The van der Waals surface area contributed by atoms with Crippen LogP contribution in [0.1, 0.15) is 15.9 Å². The van der Waals surface area contributed by atoms with Gasteiger partial charge >= 0.3 is 0 Å². The molecule has 1 aromatic heterocycles. The molecule has 0 atom stereocenters. The number of hydrogen-bond donors (Lipinski definition) is 1. The Bertz CT molecular complexity index is 741. The predicted molar refractivity (Wildman–Crippen MR) is 84.7 cm³/mol. The van der Waals surface area contributed by atoms with E-state index in [0.29, 0.717) is 16.0 Å². The van der Waals surface area contributed by atoms with Crippen molar-refractivity contribution < 1.29 is 24.1 Å². The zero-order valence-electron chi connectivity index (χ0n) is 12.3. The second-order valence-corrected chi connectivity index (χ2v) is 5.40. The molecule has 122 valence electrons. The maximum Gasteiger partial charge on any atom is 0.203 e. The van der Waals surface area contributed by atoms with Gasteiger partial charge in [0.05, 0.1) is 19.8 Å². The number of ketones is 1. The highest BCUT2D eigenvalue weighted by atomic mass is 35.5. The summed E-state index contributed by atoms with van der Waals surface area (Å²) in [6, 6.07) is 2.92. The summed E-state index contributed by atoms with van der Waals surface area (Å²) in [6.07, 6.45) is 2.02. The molecule has 1 aromatic carbocycles. The summed E-state index contributed by atoms with van der Waals surface area (Å²) in [5.74, 6) is -0.416. The standard InChI is InChI=1S/C15H13Cl2NO5/c1-22-13-4-3-8(14(20)15(13)23-2)12(19)5-9-10(16)6-18(21)7-11(9)17/h3-4,6-7,20H,5H2,1-2H3. The Hall–Kier alpha value is -2.18. The number of methoxy groups -OCH3 is 2. The number of hydrogen-bond acceptors (Lipinski definition) is 5. The number of ether oxygens (including phenoxy) is 2. The third-order valence-corrected chi connectivity index (χ3v) is 3.87. The normalized spacial score (nSPS) is 10.4. The lowest BCUT2D eigenvalue weighted by atomic mass is 10.0. The molecule has 0 saturated heterocycles. The number of carbonyl (C=O) groups excluding carboxylic acids is 1. The van der Waals surface area contributed by atoms with Crippen LogP contribution in [0, 0.1) is 5.21 Å². The lowest BCUT2D eigenvalue weighted by Crippen LogP contribution is -2.25. The summed E-state index contributed by atoms with van der Waals surface area (Å²) in [4.78, 5) is 12.4. The number of Topliss-reactive ketones (excluding diaryl/α,β-unsaturated/α-hetero) is 1. The molecular formula is C15H13Cl2NO5. The third-order valence-electron chi connectivity index (χ3n) is 3.21. The van der Waals surface area contributed by atoms with Crippen molar-refractivity contribution in [3.63, 3.8) is 0 Å². The smallest absolute Gasteiger partial charge is 0.203 e. The predicted octanol–water partition coefficient (Wildman–Crippen LogP) is 2.78. The Kier molecular flexibility index (Phi) is 5.18. The molecule has 0 radical (unpaired) electrons. The number of carbonyl (C=O) groups is 1. The Balaban J connectivity index is 2.39. The first-order valence-corrected chi connectivity index (χ1v) is 7.18. The van der Waals surface area contributed by atoms with Crippen LogP contribution in [0.2, 0.25) is 10.0 Å². The molecule has 2 aromatic rings. The summed E-state index contributed by atoms with van der Waals surface area (Å²) in [6.45, 7) is 0. The number of halogens is 2. The summed E-state index contributed by atoms with van der Waals surface area (Å²) >= 11 is 11.9. The van der Waals surface area contributed by atoms with Gasteiger partial charge in [0.15, 0.2) is 29.7 Å². The molecule has 0 fully saturated rings. The fourth-order valence-corrected chi connectivity index (χ4v) is 2.67. The van der Waals surface area contributed by atoms with Gasteiger partial charge in [-0.1, -0.05) is 23.2 Å². The van der Waals surface area contributed by atoms with Crippen LogP contribution in [0.4, 0.5) is 0 Å². The first-order valence-electron chi connectivity index (χ1n) is 6.42. The fraction of sp³-hybridized carbons (Fsp3) is 0.200. The summed E-state index contributed by atoms with van der Waals surface area (Å²) in [5, 5.41) is 21.5. The van der Waals surface area contributed by atoms with E-state index >= 15 is 0 Å². The van der Waals surface area contributed by atoms with Crippen LogP contribution in [-0.2, 0) is 6.42 Å². The van der Waals surface area contributed by atoms with E-state index in [1.165, 1.54) is 26.4 Å². The van der Waals surface area contributed by atoms with E-state index in [1.54, 1.807) is 0 Å². The first-order chi connectivity index (χ1) is 10.9. The molecular weight excluding hydrogens is 345 g/mol. The molecule has 0 aliphatic rings. The number of phenols is 1. The third kappa shape index (κ3) is 3.43. The summed E-state index contributed by atoms with van der Waals surface area (Å²) in [5.41, 5.74) is 0.341. The lowest BCUT2D eigenvalue weighted by molar-refractivity contribution is -0.605. The summed E-state index contributed by atoms with van der Waals surface area (Å²) < 4.78 is 10.5. The van der Waals surface area contributed by atoms with Crippen LogP contribution >= 0.6 is 23.2 Å². The van der Waals surface area contributed by atoms with E-state index in [9.17, 15) is 15.1 Å². The largest absolute Gasteiger partial charge is 0.619 e. The molecule has 0 aliphatic heterocycles. The van der Waals surface area contributed by atoms with E-state index in [1.807, 2.05) is 0 Å². The first kappa shape index (κ1) is 17.2. The number of aromatic hydroxyl groups is 1. The van der Waals surface area contributed by atoms with Crippen molar-refractivity contribution in [3.05, 3.63) is 50.9 Å². The zero-order chi connectivity index (χ0) is 17.1. The average Bonchev–Trinajstić information content (AvgIpc) is 2.50. The maximum absolute atomic E-state index is 12.4. The molecule has 8 heteroatoms. The number of rotatable bonds is 5. The maximum atomic E-state index is 12.4. The van der Waals surface area contributed by atoms with Crippen LogP contribution in [0.5, 0.6) is 17.2 Å². The second-order valence-electron chi connectivity index (χ2n) is 4.59. The van der Waals surface area contributed by atoms with Crippen LogP contribution in [0.25, 0.3) is 0 Å². The molecule has 6 nitrogen and oxygen atoms in total. The molecule has 2 rings (SSSR count). The van der Waals surface area contributed by atoms with Crippen molar-refractivity contribution in [1.82, 2.24) is 0 Å². The topological polar surface area (TPSA) is 82.7 Å². The fourth-order valence-electron chi connectivity index (χ4n) is 2.09. The molecule has 0 aliphatic carbocycles. The SMILES string of the molecule is COc1ccc(C(=O)Cc2c(Cl)c[n+]([O-])cc2Cl)c(O)c1OC.